The molecule has 0 radical (unpaired) electrons. The lowest BCUT2D eigenvalue weighted by molar-refractivity contribution is -0.370. The highest BCUT2D eigenvalue weighted by atomic mass is 16.6. The van der Waals surface area contributed by atoms with Crippen LogP contribution < -0.4 is 5.32 Å². The molecule has 3 fully saturated rings. The lowest BCUT2D eigenvalue weighted by atomic mass is 9.61. The minimum absolute atomic E-state index is 0.0123. The number of esters is 2. The summed E-state index contributed by atoms with van der Waals surface area (Å²) in [7, 11) is 0. The average Bonchev–Trinajstić information content (AvgIpc) is 2.64. The summed E-state index contributed by atoms with van der Waals surface area (Å²) >= 11 is 0. The Kier molecular flexibility index (Phi) is 8.62. The number of hydrogen-bond donors (Lipinski definition) is 1. The predicted octanol–water partition coefficient (Wildman–Crippen LogP) is 6.50. The first-order chi connectivity index (χ1) is 16.5. The highest BCUT2D eigenvalue weighted by Gasteiger charge is 2.72. The van der Waals surface area contributed by atoms with Crippen LogP contribution in [0.15, 0.2) is 0 Å². The number of ether oxygens (including phenoxy) is 2. The molecule has 0 aromatic rings. The Balaban J connectivity index is 1.28. The fourth-order valence-corrected chi connectivity index (χ4v) is 8.10. The van der Waals surface area contributed by atoms with Gasteiger partial charge in [0.1, 0.15) is 6.10 Å². The molecule has 3 aliphatic rings. The molecule has 0 aromatic carbocycles. The van der Waals surface area contributed by atoms with Crippen molar-refractivity contribution in [3.05, 3.63) is 0 Å². The van der Waals surface area contributed by atoms with E-state index < -0.39 is 0 Å². The van der Waals surface area contributed by atoms with Gasteiger partial charge in [-0.3, -0.25) is 14.5 Å². The van der Waals surface area contributed by atoms with Crippen LogP contribution in [0, 0.1) is 5.92 Å². The summed E-state index contributed by atoms with van der Waals surface area (Å²) in [5.41, 5.74) is -0.156. The molecule has 208 valence electrons. The summed E-state index contributed by atoms with van der Waals surface area (Å²) in [6, 6.07) is 0. The molecule has 0 spiro atoms. The molecule has 0 aromatic heterocycles. The number of rotatable bonds is 12. The van der Waals surface area contributed by atoms with E-state index >= 15 is 0 Å². The van der Waals surface area contributed by atoms with Gasteiger partial charge in [-0.15, -0.1) is 0 Å². The predicted molar refractivity (Wildman–Crippen MR) is 145 cm³/mol. The first-order valence-corrected chi connectivity index (χ1v) is 14.5. The van der Waals surface area contributed by atoms with Gasteiger partial charge >= 0.3 is 11.9 Å². The molecule has 0 aliphatic carbocycles. The number of carbonyl (C=O) groups excluding carboxylic acids is 2. The number of nitrogens with one attached hydrogen (secondary N) is 1. The van der Waals surface area contributed by atoms with Crippen molar-refractivity contribution in [3.8, 4) is 0 Å². The highest BCUT2D eigenvalue weighted by Crippen LogP contribution is 2.62. The van der Waals surface area contributed by atoms with Gasteiger partial charge < -0.3 is 14.8 Å². The van der Waals surface area contributed by atoms with E-state index in [4.69, 9.17) is 9.47 Å². The molecule has 0 saturated carbocycles. The summed E-state index contributed by atoms with van der Waals surface area (Å²) in [5, 5.41) is 3.65. The van der Waals surface area contributed by atoms with E-state index in [-0.39, 0.29) is 51.8 Å². The molecule has 1 unspecified atom stereocenters. The van der Waals surface area contributed by atoms with Gasteiger partial charge in [-0.25, -0.2) is 0 Å². The number of nitrogens with zero attached hydrogens (tertiary/aromatic N) is 1. The zero-order valence-electron chi connectivity index (χ0n) is 24.7. The van der Waals surface area contributed by atoms with Crippen molar-refractivity contribution in [2.24, 2.45) is 5.92 Å². The van der Waals surface area contributed by atoms with Gasteiger partial charge in [-0.1, -0.05) is 32.6 Å². The van der Waals surface area contributed by atoms with Crippen LogP contribution in [0.3, 0.4) is 0 Å². The van der Waals surface area contributed by atoms with Gasteiger partial charge in [0.25, 0.3) is 0 Å². The molecule has 3 aliphatic heterocycles. The molecule has 3 saturated heterocycles. The smallest absolute Gasteiger partial charge is 0.309 e. The molecular weight excluding hydrogens is 452 g/mol. The van der Waals surface area contributed by atoms with E-state index in [1.165, 1.54) is 0 Å². The van der Waals surface area contributed by atoms with Crippen molar-refractivity contribution < 1.29 is 19.1 Å². The second kappa shape index (κ2) is 10.6. The third-order valence-corrected chi connectivity index (χ3v) is 8.53. The standard InChI is InChI=1S/C30H54N2O4/c1-10-22(25(34)35-23-18-26(2,3)31-27(4,5)19-23)16-14-12-11-13-15-17-24(33)36-30-20-28(6,7)32(30)29(8,9)21-30/h22-23,31H,10-21H2,1-9H3. The van der Waals surface area contributed by atoms with E-state index in [0.29, 0.717) is 6.42 Å². The van der Waals surface area contributed by atoms with Crippen LogP contribution in [0.1, 0.15) is 139 Å². The highest BCUT2D eigenvalue weighted by molar-refractivity contribution is 5.72. The molecule has 0 bridgehead atoms. The molecular formula is C30H54N2O4. The largest absolute Gasteiger partial charge is 0.462 e. The molecule has 3 heterocycles. The van der Waals surface area contributed by atoms with Crippen molar-refractivity contribution in [2.45, 2.75) is 173 Å². The number of carbonyl (C=O) groups is 2. The van der Waals surface area contributed by atoms with E-state index in [1.54, 1.807) is 0 Å². The van der Waals surface area contributed by atoms with Crippen LogP contribution in [0.2, 0.25) is 0 Å². The fraction of sp³-hybridized carbons (Fsp3) is 0.933. The summed E-state index contributed by atoms with van der Waals surface area (Å²) in [4.78, 5) is 27.7. The second-order valence-corrected chi connectivity index (χ2v) is 14.5. The lowest BCUT2D eigenvalue weighted by Crippen LogP contribution is -2.87. The van der Waals surface area contributed by atoms with Crippen molar-refractivity contribution in [1.29, 1.82) is 0 Å². The normalized spacial score (nSPS) is 26.1. The second-order valence-electron chi connectivity index (χ2n) is 14.5. The fourth-order valence-electron chi connectivity index (χ4n) is 8.10. The quantitative estimate of drug-likeness (QED) is 0.241. The SMILES string of the molecule is CCC(CCCCCCCC(=O)OC12CC(C)(C)N1C(C)(C)C2)C(=O)OC1CC(C)(C)NC(C)(C)C1. The first-order valence-electron chi connectivity index (χ1n) is 14.5. The van der Waals surface area contributed by atoms with Gasteiger partial charge in [-0.05, 0) is 74.7 Å². The molecule has 36 heavy (non-hydrogen) atoms. The number of piperidine rings is 2. The Morgan fingerprint density at radius 1 is 0.861 bits per heavy atom. The van der Waals surface area contributed by atoms with Crippen LogP contribution in [-0.4, -0.2) is 50.8 Å². The van der Waals surface area contributed by atoms with E-state index in [9.17, 15) is 9.59 Å². The van der Waals surface area contributed by atoms with Crippen LogP contribution in [0.4, 0.5) is 0 Å². The Morgan fingerprint density at radius 2 is 1.39 bits per heavy atom. The minimum atomic E-state index is -0.340. The number of hydrogen-bond acceptors (Lipinski definition) is 6. The Morgan fingerprint density at radius 3 is 1.92 bits per heavy atom. The number of unbranched alkanes of at least 4 members (excludes halogenated alkanes) is 4. The lowest BCUT2D eigenvalue weighted by Gasteiger charge is -2.76. The van der Waals surface area contributed by atoms with Gasteiger partial charge in [0.05, 0.1) is 5.92 Å². The zero-order chi connectivity index (χ0) is 27.0. The Bertz CT molecular complexity index is 767. The molecule has 6 nitrogen and oxygen atoms in total. The van der Waals surface area contributed by atoms with Crippen molar-refractivity contribution >= 4 is 11.9 Å². The summed E-state index contributed by atoms with van der Waals surface area (Å²) in [6.45, 7) is 19.8. The van der Waals surface area contributed by atoms with Gasteiger partial charge in [0, 0.05) is 54.3 Å². The van der Waals surface area contributed by atoms with Crippen LogP contribution in [0.5, 0.6) is 0 Å². The van der Waals surface area contributed by atoms with E-state index in [1.807, 2.05) is 0 Å². The summed E-state index contributed by atoms with van der Waals surface area (Å²) < 4.78 is 12.0. The van der Waals surface area contributed by atoms with Crippen molar-refractivity contribution in [3.63, 3.8) is 0 Å². The summed E-state index contributed by atoms with van der Waals surface area (Å²) in [5.74, 6) is -0.0867. The van der Waals surface area contributed by atoms with Gasteiger partial charge in [0.15, 0.2) is 5.72 Å². The zero-order valence-corrected chi connectivity index (χ0v) is 24.7. The Labute approximate surface area is 220 Å². The summed E-state index contributed by atoms with van der Waals surface area (Å²) in [6.07, 6.45) is 10.9. The van der Waals surface area contributed by atoms with Crippen molar-refractivity contribution in [1.82, 2.24) is 10.2 Å². The maximum absolute atomic E-state index is 12.9. The molecule has 0 amide bonds. The molecule has 1 N–H and O–H groups in total. The van der Waals surface area contributed by atoms with Crippen LogP contribution in [0.25, 0.3) is 0 Å². The average molecular weight is 507 g/mol. The minimum Gasteiger partial charge on any atom is -0.462 e. The molecule has 6 heteroatoms. The maximum atomic E-state index is 12.9. The number of fused-ring (bicyclic) bond motifs is 1. The Hall–Kier alpha value is -1.14. The topological polar surface area (TPSA) is 67.9 Å². The van der Waals surface area contributed by atoms with Gasteiger partial charge in [-0.2, -0.15) is 0 Å². The maximum Gasteiger partial charge on any atom is 0.309 e. The first kappa shape index (κ1) is 29.4. The molecule has 3 rings (SSSR count). The third kappa shape index (κ3) is 6.83. The van der Waals surface area contributed by atoms with Crippen LogP contribution in [-0.2, 0) is 19.1 Å². The van der Waals surface area contributed by atoms with Crippen LogP contribution >= 0.6 is 0 Å². The van der Waals surface area contributed by atoms with E-state index in [0.717, 1.165) is 70.6 Å². The van der Waals surface area contributed by atoms with Gasteiger partial charge in [0.2, 0.25) is 0 Å². The van der Waals surface area contributed by atoms with E-state index in [2.05, 4.69) is 72.5 Å². The monoisotopic (exact) mass is 506 g/mol. The third-order valence-electron chi connectivity index (χ3n) is 8.53. The van der Waals surface area contributed by atoms with Crippen molar-refractivity contribution in [2.75, 3.05) is 0 Å². The molecule has 1 atom stereocenters.